The highest BCUT2D eigenvalue weighted by Gasteiger charge is 2.13. The van der Waals surface area contributed by atoms with Gasteiger partial charge in [-0.25, -0.2) is 0 Å². The number of ether oxygens (including phenoxy) is 1. The number of benzene rings is 2. The maximum Gasteiger partial charge on any atom is 0.269 e. The number of hydrogen-bond donors (Lipinski definition) is 0. The number of nitro groups is 1. The van der Waals surface area contributed by atoms with Gasteiger partial charge in [-0.3, -0.25) is 10.1 Å². The van der Waals surface area contributed by atoms with E-state index in [4.69, 9.17) is 4.74 Å². The van der Waals surface area contributed by atoms with Gasteiger partial charge in [0.05, 0.1) is 23.5 Å². The topological polar surface area (TPSA) is 76.2 Å². The van der Waals surface area contributed by atoms with E-state index in [9.17, 15) is 15.4 Å². The van der Waals surface area contributed by atoms with Crippen LogP contribution in [0.25, 0.3) is 0 Å². The van der Waals surface area contributed by atoms with E-state index in [-0.39, 0.29) is 11.6 Å². The summed E-state index contributed by atoms with van der Waals surface area (Å²) in [6.07, 6.45) is 0.529. The summed E-state index contributed by atoms with van der Waals surface area (Å²) >= 11 is 0. The monoisotopic (exact) mass is 310 g/mol. The molecule has 0 aliphatic rings. The molecule has 0 aliphatic heterocycles. The molecule has 0 N–H and O–H groups in total. The van der Waals surface area contributed by atoms with Gasteiger partial charge in [0, 0.05) is 18.6 Å². The average molecular weight is 310 g/mol. The molecule has 0 aliphatic carbocycles. The Labute approximate surface area is 135 Å². The van der Waals surface area contributed by atoms with Crippen molar-refractivity contribution in [1.29, 1.82) is 5.26 Å². The summed E-state index contributed by atoms with van der Waals surface area (Å²) in [6.45, 7) is 4.43. The van der Waals surface area contributed by atoms with Gasteiger partial charge in [0.1, 0.15) is 5.75 Å². The van der Waals surface area contributed by atoms with Crippen molar-refractivity contribution in [3.8, 4) is 11.8 Å². The van der Waals surface area contributed by atoms with Crippen molar-refractivity contribution in [1.82, 2.24) is 0 Å². The van der Waals surface area contributed by atoms with E-state index < -0.39 is 4.92 Å². The molecule has 0 saturated heterocycles. The van der Waals surface area contributed by atoms with E-state index in [1.165, 1.54) is 12.1 Å². The fraction of sp³-hybridized carbons (Fsp3) is 0.278. The first-order chi connectivity index (χ1) is 11.0. The van der Waals surface area contributed by atoms with E-state index in [1.807, 2.05) is 26.0 Å². The SMILES string of the molecule is Cc1cc(C)cc(OCCC(C#N)c2ccc([N+](=O)[O-])cc2)c1. The summed E-state index contributed by atoms with van der Waals surface area (Å²) in [5, 5.41) is 20.0. The maximum atomic E-state index is 10.7. The lowest BCUT2D eigenvalue weighted by atomic mass is 9.97. The third-order valence-electron chi connectivity index (χ3n) is 3.53. The Morgan fingerprint density at radius 1 is 1.17 bits per heavy atom. The maximum absolute atomic E-state index is 10.7. The lowest BCUT2D eigenvalue weighted by Gasteiger charge is -2.12. The first-order valence-corrected chi connectivity index (χ1v) is 7.34. The second-order valence-electron chi connectivity index (χ2n) is 5.49. The molecule has 5 heteroatoms. The smallest absolute Gasteiger partial charge is 0.269 e. The lowest BCUT2D eigenvalue weighted by Crippen LogP contribution is -2.05. The van der Waals surface area contributed by atoms with Crippen LogP contribution in [0.5, 0.6) is 5.75 Å². The van der Waals surface area contributed by atoms with Crippen molar-refractivity contribution < 1.29 is 9.66 Å². The van der Waals surface area contributed by atoms with E-state index >= 15 is 0 Å². The molecule has 5 nitrogen and oxygen atoms in total. The fourth-order valence-electron chi connectivity index (χ4n) is 2.44. The highest BCUT2D eigenvalue weighted by Crippen LogP contribution is 2.23. The molecule has 1 atom stereocenters. The van der Waals surface area contributed by atoms with Crippen LogP contribution in [0.4, 0.5) is 5.69 Å². The van der Waals surface area contributed by atoms with E-state index in [0.29, 0.717) is 13.0 Å². The molecule has 23 heavy (non-hydrogen) atoms. The van der Waals surface area contributed by atoms with Crippen LogP contribution < -0.4 is 4.74 Å². The molecule has 2 rings (SSSR count). The average Bonchev–Trinajstić information content (AvgIpc) is 2.51. The van der Waals surface area contributed by atoms with Gasteiger partial charge in [0.25, 0.3) is 5.69 Å². The van der Waals surface area contributed by atoms with Crippen LogP contribution in [0, 0.1) is 35.3 Å². The van der Waals surface area contributed by atoms with E-state index in [2.05, 4.69) is 12.1 Å². The first-order valence-electron chi connectivity index (χ1n) is 7.34. The Balaban J connectivity index is 1.97. The molecular weight excluding hydrogens is 292 g/mol. The van der Waals surface area contributed by atoms with Gasteiger partial charge in [-0.1, -0.05) is 18.2 Å². The van der Waals surface area contributed by atoms with Crippen molar-refractivity contribution in [2.75, 3.05) is 6.61 Å². The third kappa shape index (κ3) is 4.55. The molecule has 0 heterocycles. The largest absolute Gasteiger partial charge is 0.494 e. The Kier molecular flexibility index (Phi) is 5.32. The van der Waals surface area contributed by atoms with Crippen molar-refractivity contribution in [2.45, 2.75) is 26.2 Å². The summed E-state index contributed by atoms with van der Waals surface area (Å²) < 4.78 is 5.72. The highest BCUT2D eigenvalue weighted by atomic mass is 16.6. The second-order valence-corrected chi connectivity index (χ2v) is 5.49. The lowest BCUT2D eigenvalue weighted by molar-refractivity contribution is -0.384. The zero-order chi connectivity index (χ0) is 16.8. The van der Waals surface area contributed by atoms with E-state index in [1.54, 1.807) is 12.1 Å². The zero-order valence-corrected chi connectivity index (χ0v) is 13.2. The molecule has 2 aromatic carbocycles. The molecule has 0 fully saturated rings. The van der Waals surface area contributed by atoms with Gasteiger partial charge in [0.15, 0.2) is 0 Å². The van der Waals surface area contributed by atoms with Crippen LogP contribution in [0.2, 0.25) is 0 Å². The standard InChI is InChI=1S/C18H18N2O3/c1-13-9-14(2)11-18(10-13)23-8-7-16(12-19)15-3-5-17(6-4-15)20(21)22/h3-6,9-11,16H,7-8H2,1-2H3. The summed E-state index contributed by atoms with van der Waals surface area (Å²) in [5.74, 6) is 0.449. The van der Waals surface area contributed by atoms with Crippen LogP contribution in [-0.2, 0) is 0 Å². The Morgan fingerprint density at radius 3 is 2.30 bits per heavy atom. The minimum absolute atomic E-state index is 0.0249. The van der Waals surface area contributed by atoms with Crippen LogP contribution in [0.15, 0.2) is 42.5 Å². The summed E-state index contributed by atoms with van der Waals surface area (Å²) in [7, 11) is 0. The predicted molar refractivity (Wildman–Crippen MR) is 87.5 cm³/mol. The summed E-state index contributed by atoms with van der Waals surface area (Å²) in [4.78, 5) is 10.2. The van der Waals surface area contributed by atoms with Crippen LogP contribution >= 0.6 is 0 Å². The Morgan fingerprint density at radius 2 is 1.78 bits per heavy atom. The zero-order valence-electron chi connectivity index (χ0n) is 13.2. The van der Waals surface area contributed by atoms with Crippen molar-refractivity contribution in [2.24, 2.45) is 0 Å². The molecular formula is C18H18N2O3. The molecule has 2 aromatic rings. The van der Waals surface area contributed by atoms with Crippen molar-refractivity contribution in [3.63, 3.8) is 0 Å². The molecule has 0 bridgehead atoms. The van der Waals surface area contributed by atoms with Gasteiger partial charge < -0.3 is 4.74 Å². The molecule has 118 valence electrons. The van der Waals surface area contributed by atoms with Gasteiger partial charge in [-0.05, 0) is 42.7 Å². The number of non-ortho nitro benzene ring substituents is 1. The van der Waals surface area contributed by atoms with Crippen LogP contribution in [0.3, 0.4) is 0 Å². The highest BCUT2D eigenvalue weighted by molar-refractivity contribution is 5.36. The molecule has 0 spiro atoms. The second kappa shape index (κ2) is 7.41. The van der Waals surface area contributed by atoms with Gasteiger partial charge in [-0.15, -0.1) is 0 Å². The Bertz CT molecular complexity index is 713. The molecule has 0 radical (unpaired) electrons. The van der Waals surface area contributed by atoms with Gasteiger partial charge in [-0.2, -0.15) is 5.26 Å². The number of rotatable bonds is 6. The van der Waals surface area contributed by atoms with Gasteiger partial charge in [0.2, 0.25) is 0 Å². The minimum Gasteiger partial charge on any atom is -0.494 e. The summed E-state index contributed by atoms with van der Waals surface area (Å²) in [5.41, 5.74) is 3.05. The molecule has 0 aromatic heterocycles. The van der Waals surface area contributed by atoms with Crippen LogP contribution in [0.1, 0.15) is 29.0 Å². The fourth-order valence-corrected chi connectivity index (χ4v) is 2.44. The minimum atomic E-state index is -0.450. The summed E-state index contributed by atoms with van der Waals surface area (Å²) in [6, 6.07) is 14.3. The van der Waals surface area contributed by atoms with Crippen molar-refractivity contribution in [3.05, 3.63) is 69.3 Å². The Hall–Kier alpha value is -2.87. The molecule has 1 unspecified atom stereocenters. The normalized spacial score (nSPS) is 11.5. The van der Waals surface area contributed by atoms with Crippen LogP contribution in [-0.4, -0.2) is 11.5 Å². The number of nitrogens with zero attached hydrogens (tertiary/aromatic N) is 2. The number of nitro benzene ring substituents is 1. The molecule has 0 amide bonds. The quantitative estimate of drug-likeness (QED) is 0.589. The van der Waals surface area contributed by atoms with Gasteiger partial charge >= 0.3 is 0 Å². The third-order valence-corrected chi connectivity index (χ3v) is 3.53. The van der Waals surface area contributed by atoms with E-state index in [0.717, 1.165) is 22.4 Å². The predicted octanol–water partition coefficient (Wildman–Crippen LogP) is 4.29. The van der Waals surface area contributed by atoms with Crippen molar-refractivity contribution >= 4 is 5.69 Å². The number of nitriles is 1. The number of hydrogen-bond acceptors (Lipinski definition) is 4. The number of aryl methyl sites for hydroxylation is 2. The molecule has 0 saturated carbocycles. The first kappa shape index (κ1) is 16.5.